The van der Waals surface area contributed by atoms with Gasteiger partial charge in [-0.1, -0.05) is 44.4 Å². The maximum Gasteiger partial charge on any atom is 0.127 e. The summed E-state index contributed by atoms with van der Waals surface area (Å²) in [4.78, 5) is 0. The van der Waals surface area contributed by atoms with Gasteiger partial charge >= 0.3 is 0 Å². The van der Waals surface area contributed by atoms with E-state index in [0.29, 0.717) is 0 Å². The van der Waals surface area contributed by atoms with Crippen molar-refractivity contribution in [1.82, 2.24) is 5.32 Å². The van der Waals surface area contributed by atoms with E-state index < -0.39 is 0 Å². The van der Waals surface area contributed by atoms with Crippen molar-refractivity contribution in [2.45, 2.75) is 44.4 Å². The average Bonchev–Trinajstić information content (AvgIpc) is 2.38. The standard InChI is InChI=1S/C15H22FN/c1-2-17-12-15(10-6-3-7-11-15)13-8-4-5-9-14(13)16/h4-5,8-9,17H,2-3,6-7,10-12H2,1H3. The van der Waals surface area contributed by atoms with Crippen LogP contribution in [-0.2, 0) is 5.41 Å². The Labute approximate surface area is 103 Å². The van der Waals surface area contributed by atoms with Gasteiger partial charge in [-0.2, -0.15) is 0 Å². The van der Waals surface area contributed by atoms with Crippen LogP contribution in [0.15, 0.2) is 24.3 Å². The minimum atomic E-state index is -0.0349. The molecule has 0 spiro atoms. The van der Waals surface area contributed by atoms with Gasteiger partial charge in [0, 0.05) is 12.0 Å². The quantitative estimate of drug-likeness (QED) is 0.840. The second-order valence-corrected chi connectivity index (χ2v) is 5.10. The predicted molar refractivity (Wildman–Crippen MR) is 69.7 cm³/mol. The van der Waals surface area contributed by atoms with Crippen molar-refractivity contribution in [2.24, 2.45) is 0 Å². The van der Waals surface area contributed by atoms with Gasteiger partial charge in [0.1, 0.15) is 5.82 Å². The molecule has 0 bridgehead atoms. The molecule has 1 N–H and O–H groups in total. The Bertz CT molecular complexity index is 356. The second kappa shape index (κ2) is 5.63. The first-order chi connectivity index (χ1) is 8.28. The zero-order chi connectivity index (χ0) is 12.1. The summed E-state index contributed by atoms with van der Waals surface area (Å²) in [5.74, 6) is -0.0349. The van der Waals surface area contributed by atoms with E-state index >= 15 is 0 Å². The molecule has 0 radical (unpaired) electrons. The molecule has 0 unspecified atom stereocenters. The molecule has 0 atom stereocenters. The van der Waals surface area contributed by atoms with E-state index in [1.54, 1.807) is 12.1 Å². The van der Waals surface area contributed by atoms with Crippen LogP contribution in [0.2, 0.25) is 0 Å². The normalized spacial score (nSPS) is 19.2. The van der Waals surface area contributed by atoms with E-state index in [4.69, 9.17) is 0 Å². The average molecular weight is 235 g/mol. The minimum absolute atomic E-state index is 0.0274. The Morgan fingerprint density at radius 1 is 1.18 bits per heavy atom. The lowest BCUT2D eigenvalue weighted by Crippen LogP contribution is -2.40. The molecular weight excluding hydrogens is 213 g/mol. The Morgan fingerprint density at radius 3 is 2.53 bits per heavy atom. The topological polar surface area (TPSA) is 12.0 Å². The molecule has 17 heavy (non-hydrogen) atoms. The van der Waals surface area contributed by atoms with Gasteiger partial charge in [0.15, 0.2) is 0 Å². The van der Waals surface area contributed by atoms with Crippen LogP contribution in [-0.4, -0.2) is 13.1 Å². The molecule has 2 rings (SSSR count). The summed E-state index contributed by atoms with van der Waals surface area (Å²) in [6.45, 7) is 3.97. The first-order valence-corrected chi connectivity index (χ1v) is 6.74. The SMILES string of the molecule is CCNCC1(c2ccccc2F)CCCCC1. The number of hydrogen-bond donors (Lipinski definition) is 1. The largest absolute Gasteiger partial charge is 0.316 e. The Balaban J connectivity index is 2.28. The Morgan fingerprint density at radius 2 is 1.88 bits per heavy atom. The smallest absolute Gasteiger partial charge is 0.127 e. The van der Waals surface area contributed by atoms with Crippen LogP contribution in [0.4, 0.5) is 4.39 Å². The van der Waals surface area contributed by atoms with Crippen LogP contribution < -0.4 is 5.32 Å². The van der Waals surface area contributed by atoms with Crippen LogP contribution in [0.5, 0.6) is 0 Å². The molecule has 94 valence electrons. The third-order valence-electron chi connectivity index (χ3n) is 3.97. The van der Waals surface area contributed by atoms with Gasteiger partial charge in [0.2, 0.25) is 0 Å². The third-order valence-corrected chi connectivity index (χ3v) is 3.97. The highest BCUT2D eigenvalue weighted by molar-refractivity contribution is 5.28. The van der Waals surface area contributed by atoms with E-state index in [9.17, 15) is 4.39 Å². The molecular formula is C15H22FN. The van der Waals surface area contributed by atoms with Crippen LogP contribution in [0.1, 0.15) is 44.6 Å². The van der Waals surface area contributed by atoms with Gasteiger partial charge in [-0.05, 0) is 31.0 Å². The number of rotatable bonds is 4. The Hall–Kier alpha value is -0.890. The molecule has 1 aliphatic rings. The van der Waals surface area contributed by atoms with Crippen molar-refractivity contribution in [3.63, 3.8) is 0 Å². The highest BCUT2D eigenvalue weighted by Crippen LogP contribution is 2.39. The molecule has 2 heteroatoms. The number of likely N-dealkylation sites (N-methyl/N-ethyl adjacent to an activating group) is 1. The van der Waals surface area contributed by atoms with Crippen LogP contribution in [0.25, 0.3) is 0 Å². The molecule has 0 amide bonds. The molecule has 1 saturated carbocycles. The lowest BCUT2D eigenvalue weighted by atomic mass is 9.69. The monoisotopic (exact) mass is 235 g/mol. The number of benzene rings is 1. The lowest BCUT2D eigenvalue weighted by molar-refractivity contribution is 0.273. The predicted octanol–water partition coefficient (Wildman–Crippen LogP) is 3.64. The summed E-state index contributed by atoms with van der Waals surface area (Å²) < 4.78 is 14.0. The van der Waals surface area contributed by atoms with E-state index in [-0.39, 0.29) is 11.2 Å². The zero-order valence-corrected chi connectivity index (χ0v) is 10.6. The fraction of sp³-hybridized carbons (Fsp3) is 0.600. The summed E-state index contributed by atoms with van der Waals surface area (Å²) in [5, 5.41) is 3.42. The fourth-order valence-corrected chi connectivity index (χ4v) is 3.03. The molecule has 0 saturated heterocycles. The highest BCUT2D eigenvalue weighted by Gasteiger charge is 2.35. The van der Waals surface area contributed by atoms with Crippen molar-refractivity contribution in [1.29, 1.82) is 0 Å². The molecule has 0 heterocycles. The summed E-state index contributed by atoms with van der Waals surface area (Å²) in [6, 6.07) is 7.30. The van der Waals surface area contributed by atoms with Gasteiger partial charge in [0.25, 0.3) is 0 Å². The van der Waals surface area contributed by atoms with Crippen molar-refractivity contribution in [3.8, 4) is 0 Å². The fourth-order valence-electron chi connectivity index (χ4n) is 3.03. The highest BCUT2D eigenvalue weighted by atomic mass is 19.1. The Kier molecular flexibility index (Phi) is 4.16. The second-order valence-electron chi connectivity index (χ2n) is 5.10. The van der Waals surface area contributed by atoms with Crippen LogP contribution in [0, 0.1) is 5.82 Å². The molecule has 1 fully saturated rings. The number of hydrogen-bond acceptors (Lipinski definition) is 1. The zero-order valence-electron chi connectivity index (χ0n) is 10.6. The van der Waals surface area contributed by atoms with E-state index in [0.717, 1.165) is 31.5 Å². The molecule has 1 aromatic carbocycles. The van der Waals surface area contributed by atoms with Gasteiger partial charge in [0.05, 0.1) is 0 Å². The van der Waals surface area contributed by atoms with Gasteiger partial charge in [-0.3, -0.25) is 0 Å². The maximum atomic E-state index is 14.0. The summed E-state index contributed by atoms with van der Waals surface area (Å²) in [5.41, 5.74) is 0.945. The van der Waals surface area contributed by atoms with Crippen molar-refractivity contribution < 1.29 is 4.39 Å². The maximum absolute atomic E-state index is 14.0. The van der Waals surface area contributed by atoms with Gasteiger partial charge < -0.3 is 5.32 Å². The molecule has 0 aromatic heterocycles. The van der Waals surface area contributed by atoms with Gasteiger partial charge in [-0.25, -0.2) is 4.39 Å². The van der Waals surface area contributed by atoms with E-state index in [1.807, 2.05) is 12.1 Å². The third kappa shape index (κ3) is 2.68. The van der Waals surface area contributed by atoms with E-state index in [1.165, 1.54) is 19.3 Å². The van der Waals surface area contributed by atoms with Crippen LogP contribution >= 0.6 is 0 Å². The first kappa shape index (κ1) is 12.6. The molecule has 1 nitrogen and oxygen atoms in total. The summed E-state index contributed by atoms with van der Waals surface area (Å²) in [7, 11) is 0. The van der Waals surface area contributed by atoms with Gasteiger partial charge in [-0.15, -0.1) is 0 Å². The first-order valence-electron chi connectivity index (χ1n) is 6.74. The molecule has 1 aliphatic carbocycles. The van der Waals surface area contributed by atoms with Crippen molar-refractivity contribution >= 4 is 0 Å². The van der Waals surface area contributed by atoms with Crippen molar-refractivity contribution in [2.75, 3.05) is 13.1 Å². The number of halogens is 1. The number of nitrogens with one attached hydrogen (secondary N) is 1. The molecule has 0 aliphatic heterocycles. The van der Waals surface area contributed by atoms with Crippen molar-refractivity contribution in [3.05, 3.63) is 35.6 Å². The molecule has 1 aromatic rings. The summed E-state index contributed by atoms with van der Waals surface area (Å²) >= 11 is 0. The lowest BCUT2D eigenvalue weighted by Gasteiger charge is -2.38. The van der Waals surface area contributed by atoms with E-state index in [2.05, 4.69) is 12.2 Å². The summed E-state index contributed by atoms with van der Waals surface area (Å²) in [6.07, 6.45) is 5.96. The minimum Gasteiger partial charge on any atom is -0.316 e. The van der Waals surface area contributed by atoms with Crippen LogP contribution in [0.3, 0.4) is 0 Å².